The average molecular weight is 231 g/mol. The SMILES string of the molecule is CC[C@H](C)Sc1nnc(NC(C)=O)s1. The molecule has 1 N–H and O–H groups in total. The molecule has 14 heavy (non-hydrogen) atoms. The van der Waals surface area contributed by atoms with Crippen molar-refractivity contribution < 1.29 is 4.79 Å². The zero-order valence-electron chi connectivity index (χ0n) is 8.40. The van der Waals surface area contributed by atoms with Crippen LogP contribution in [-0.4, -0.2) is 21.4 Å². The number of carbonyl (C=O) groups excluding carboxylic acids is 1. The van der Waals surface area contributed by atoms with Crippen molar-refractivity contribution >= 4 is 34.1 Å². The predicted octanol–water partition coefficient (Wildman–Crippen LogP) is 2.39. The quantitative estimate of drug-likeness (QED) is 0.638. The Balaban J connectivity index is 2.54. The van der Waals surface area contributed by atoms with E-state index in [2.05, 4.69) is 29.4 Å². The molecule has 0 spiro atoms. The topological polar surface area (TPSA) is 54.9 Å². The first kappa shape index (κ1) is 11.5. The Labute approximate surface area is 91.5 Å². The van der Waals surface area contributed by atoms with E-state index in [4.69, 9.17) is 0 Å². The molecule has 0 bridgehead atoms. The van der Waals surface area contributed by atoms with Gasteiger partial charge in [0.1, 0.15) is 0 Å². The van der Waals surface area contributed by atoms with Crippen LogP contribution in [0, 0.1) is 0 Å². The lowest BCUT2D eigenvalue weighted by molar-refractivity contribution is -0.114. The minimum absolute atomic E-state index is 0.110. The van der Waals surface area contributed by atoms with Crippen molar-refractivity contribution in [3.63, 3.8) is 0 Å². The lowest BCUT2D eigenvalue weighted by Crippen LogP contribution is -2.04. The standard InChI is InChI=1S/C8H13N3OS2/c1-4-5(2)13-8-11-10-7(14-8)9-6(3)12/h5H,4H2,1-3H3,(H,9,10,12)/t5-/m0/s1. The average Bonchev–Trinajstić information content (AvgIpc) is 2.51. The monoisotopic (exact) mass is 231 g/mol. The Morgan fingerprint density at radius 1 is 1.64 bits per heavy atom. The number of aromatic nitrogens is 2. The third kappa shape index (κ3) is 3.63. The van der Waals surface area contributed by atoms with E-state index in [1.807, 2.05) is 0 Å². The molecule has 0 aliphatic carbocycles. The number of nitrogens with zero attached hydrogens (tertiary/aromatic N) is 2. The highest BCUT2D eigenvalue weighted by Crippen LogP contribution is 2.29. The maximum Gasteiger partial charge on any atom is 0.223 e. The van der Waals surface area contributed by atoms with Crippen LogP contribution in [-0.2, 0) is 4.79 Å². The molecule has 0 radical (unpaired) electrons. The number of rotatable bonds is 4. The van der Waals surface area contributed by atoms with Crippen molar-refractivity contribution in [2.75, 3.05) is 5.32 Å². The van der Waals surface area contributed by atoms with Crippen LogP contribution in [0.5, 0.6) is 0 Å². The van der Waals surface area contributed by atoms with E-state index in [0.29, 0.717) is 10.4 Å². The van der Waals surface area contributed by atoms with Crippen LogP contribution >= 0.6 is 23.1 Å². The molecule has 0 aliphatic rings. The van der Waals surface area contributed by atoms with Gasteiger partial charge in [-0.05, 0) is 6.42 Å². The first-order valence-electron chi connectivity index (χ1n) is 4.39. The van der Waals surface area contributed by atoms with Crippen LogP contribution in [0.25, 0.3) is 0 Å². The van der Waals surface area contributed by atoms with Crippen molar-refractivity contribution in [3.8, 4) is 0 Å². The lowest BCUT2D eigenvalue weighted by Gasteiger charge is -2.02. The van der Waals surface area contributed by atoms with Gasteiger partial charge < -0.3 is 5.32 Å². The molecule has 6 heteroatoms. The van der Waals surface area contributed by atoms with Crippen molar-refractivity contribution in [2.45, 2.75) is 36.8 Å². The van der Waals surface area contributed by atoms with Crippen LogP contribution in [0.1, 0.15) is 27.2 Å². The summed E-state index contributed by atoms with van der Waals surface area (Å²) >= 11 is 3.10. The third-order valence-electron chi connectivity index (χ3n) is 1.57. The molecule has 0 aromatic carbocycles. The zero-order chi connectivity index (χ0) is 10.6. The van der Waals surface area contributed by atoms with Gasteiger partial charge in [0.25, 0.3) is 0 Å². The summed E-state index contributed by atoms with van der Waals surface area (Å²) in [5, 5.41) is 11.6. The Kier molecular flexibility index (Phi) is 4.34. The summed E-state index contributed by atoms with van der Waals surface area (Å²) in [6, 6.07) is 0. The highest BCUT2D eigenvalue weighted by Gasteiger charge is 2.08. The molecule has 0 fully saturated rings. The second kappa shape index (κ2) is 5.31. The van der Waals surface area contributed by atoms with Gasteiger partial charge >= 0.3 is 0 Å². The molecule has 1 aromatic heterocycles. The van der Waals surface area contributed by atoms with Crippen LogP contribution < -0.4 is 5.32 Å². The number of nitrogens with one attached hydrogen (secondary N) is 1. The number of thioether (sulfide) groups is 1. The number of hydrogen-bond acceptors (Lipinski definition) is 5. The Morgan fingerprint density at radius 2 is 2.36 bits per heavy atom. The van der Waals surface area contributed by atoms with E-state index in [-0.39, 0.29) is 5.91 Å². The smallest absolute Gasteiger partial charge is 0.223 e. The summed E-state index contributed by atoms with van der Waals surface area (Å²) < 4.78 is 0.906. The van der Waals surface area contributed by atoms with E-state index < -0.39 is 0 Å². The minimum Gasteiger partial charge on any atom is -0.301 e. The molecule has 1 aromatic rings. The molecule has 1 amide bonds. The first-order chi connectivity index (χ1) is 6.61. The molecule has 1 atom stereocenters. The van der Waals surface area contributed by atoms with Gasteiger partial charge in [0, 0.05) is 12.2 Å². The van der Waals surface area contributed by atoms with Gasteiger partial charge in [0.15, 0.2) is 4.34 Å². The maximum atomic E-state index is 10.7. The summed E-state index contributed by atoms with van der Waals surface area (Å²) in [7, 11) is 0. The van der Waals surface area contributed by atoms with Crippen molar-refractivity contribution in [3.05, 3.63) is 0 Å². The van der Waals surface area contributed by atoms with E-state index >= 15 is 0 Å². The van der Waals surface area contributed by atoms with Crippen LogP contribution in [0.4, 0.5) is 5.13 Å². The summed E-state index contributed by atoms with van der Waals surface area (Å²) in [5.41, 5.74) is 0. The second-order valence-corrected chi connectivity index (χ2v) is 5.55. The molecule has 1 heterocycles. The fourth-order valence-corrected chi connectivity index (χ4v) is 2.76. The Bertz CT molecular complexity index is 313. The number of carbonyl (C=O) groups is 1. The number of anilines is 1. The fourth-order valence-electron chi connectivity index (χ4n) is 0.714. The molecule has 0 saturated carbocycles. The predicted molar refractivity (Wildman–Crippen MR) is 59.8 cm³/mol. The molecular formula is C8H13N3OS2. The van der Waals surface area contributed by atoms with Crippen molar-refractivity contribution in [1.29, 1.82) is 0 Å². The zero-order valence-corrected chi connectivity index (χ0v) is 10.0. The summed E-state index contributed by atoms with van der Waals surface area (Å²) in [4.78, 5) is 10.7. The largest absolute Gasteiger partial charge is 0.301 e. The van der Waals surface area contributed by atoms with Crippen LogP contribution in [0.15, 0.2) is 4.34 Å². The minimum atomic E-state index is -0.110. The summed E-state index contributed by atoms with van der Waals surface area (Å²) in [6.07, 6.45) is 1.10. The van der Waals surface area contributed by atoms with E-state index in [1.165, 1.54) is 18.3 Å². The number of hydrogen-bond donors (Lipinski definition) is 1. The van der Waals surface area contributed by atoms with E-state index in [0.717, 1.165) is 10.8 Å². The molecular weight excluding hydrogens is 218 g/mol. The molecule has 1 rings (SSSR count). The first-order valence-corrected chi connectivity index (χ1v) is 6.09. The second-order valence-electron chi connectivity index (χ2n) is 2.89. The molecule has 0 saturated heterocycles. The summed E-state index contributed by atoms with van der Waals surface area (Å²) in [5.74, 6) is -0.110. The van der Waals surface area contributed by atoms with Gasteiger partial charge in [0.2, 0.25) is 11.0 Å². The van der Waals surface area contributed by atoms with E-state index in [1.54, 1.807) is 11.8 Å². The van der Waals surface area contributed by atoms with Gasteiger partial charge in [-0.15, -0.1) is 10.2 Å². The van der Waals surface area contributed by atoms with Crippen molar-refractivity contribution in [2.24, 2.45) is 0 Å². The lowest BCUT2D eigenvalue weighted by atomic mass is 10.4. The normalized spacial score (nSPS) is 12.5. The summed E-state index contributed by atoms with van der Waals surface area (Å²) in [6.45, 7) is 5.74. The van der Waals surface area contributed by atoms with Gasteiger partial charge in [0.05, 0.1) is 0 Å². The van der Waals surface area contributed by atoms with Gasteiger partial charge in [-0.25, -0.2) is 0 Å². The molecule has 78 valence electrons. The van der Waals surface area contributed by atoms with Gasteiger partial charge in [-0.2, -0.15) is 0 Å². The highest BCUT2D eigenvalue weighted by molar-refractivity contribution is 8.01. The molecule has 4 nitrogen and oxygen atoms in total. The van der Waals surface area contributed by atoms with Gasteiger partial charge in [-0.1, -0.05) is 36.9 Å². The fraction of sp³-hybridized carbons (Fsp3) is 0.625. The van der Waals surface area contributed by atoms with Gasteiger partial charge in [-0.3, -0.25) is 4.79 Å². The molecule has 0 unspecified atom stereocenters. The maximum absolute atomic E-state index is 10.7. The van der Waals surface area contributed by atoms with Crippen LogP contribution in [0.2, 0.25) is 0 Å². The van der Waals surface area contributed by atoms with Crippen LogP contribution in [0.3, 0.4) is 0 Å². The highest BCUT2D eigenvalue weighted by atomic mass is 32.2. The van der Waals surface area contributed by atoms with Crippen molar-refractivity contribution in [1.82, 2.24) is 10.2 Å². The number of amides is 1. The Hall–Kier alpha value is -0.620. The molecule has 0 aliphatic heterocycles. The third-order valence-corrected chi connectivity index (χ3v) is 3.76. The van der Waals surface area contributed by atoms with E-state index in [9.17, 15) is 4.79 Å². The Morgan fingerprint density at radius 3 is 2.93 bits per heavy atom.